The highest BCUT2D eigenvalue weighted by molar-refractivity contribution is 7.98. The van der Waals surface area contributed by atoms with Crippen molar-refractivity contribution < 1.29 is 19.0 Å². The minimum atomic E-state index is -0.352. The molecule has 1 aliphatic rings. The summed E-state index contributed by atoms with van der Waals surface area (Å²) in [6.45, 7) is 0.408. The number of thioether (sulfide) groups is 1. The number of carbonyl (C=O) groups is 1. The van der Waals surface area contributed by atoms with E-state index in [1.165, 1.54) is 0 Å². The number of fused-ring (bicyclic) bond motifs is 1. The van der Waals surface area contributed by atoms with Gasteiger partial charge in [-0.2, -0.15) is 0 Å². The number of esters is 1. The smallest absolute Gasteiger partial charge is 0.338 e. The van der Waals surface area contributed by atoms with Crippen molar-refractivity contribution in [2.24, 2.45) is 0 Å². The number of benzene rings is 3. The zero-order valence-corrected chi connectivity index (χ0v) is 16.5. The van der Waals surface area contributed by atoms with Crippen LogP contribution in [0.1, 0.15) is 21.5 Å². The first kappa shape index (κ1) is 18.7. The molecule has 4 nitrogen and oxygen atoms in total. The Balaban J connectivity index is 1.30. The van der Waals surface area contributed by atoms with Crippen LogP contribution in [0.25, 0.3) is 0 Å². The van der Waals surface area contributed by atoms with Crippen molar-refractivity contribution in [3.8, 4) is 11.5 Å². The highest BCUT2D eigenvalue weighted by Gasteiger charge is 2.14. The van der Waals surface area contributed by atoms with E-state index in [1.807, 2.05) is 54.6 Å². The van der Waals surface area contributed by atoms with Crippen molar-refractivity contribution in [3.63, 3.8) is 0 Å². The fraction of sp³-hybridized carbons (Fsp3) is 0.136. The molecule has 3 aromatic carbocycles. The van der Waals surface area contributed by atoms with E-state index in [1.54, 1.807) is 23.9 Å². The maximum absolute atomic E-state index is 12.3. The fourth-order valence-electron chi connectivity index (χ4n) is 2.70. The van der Waals surface area contributed by atoms with Gasteiger partial charge in [-0.15, -0.1) is 11.8 Å². The zero-order valence-electron chi connectivity index (χ0n) is 14.9. The molecule has 0 spiro atoms. The summed E-state index contributed by atoms with van der Waals surface area (Å²) >= 11 is 7.62. The van der Waals surface area contributed by atoms with Gasteiger partial charge in [0.05, 0.1) is 5.56 Å². The Hall–Kier alpha value is -2.63. The first-order chi connectivity index (χ1) is 13.7. The Morgan fingerprint density at radius 3 is 2.43 bits per heavy atom. The van der Waals surface area contributed by atoms with Crippen molar-refractivity contribution in [1.29, 1.82) is 0 Å². The molecular weight excluding hydrogens is 396 g/mol. The minimum Gasteiger partial charge on any atom is -0.457 e. The summed E-state index contributed by atoms with van der Waals surface area (Å²) < 4.78 is 16.0. The topological polar surface area (TPSA) is 44.8 Å². The summed E-state index contributed by atoms with van der Waals surface area (Å²) in [6.07, 6.45) is 0. The SMILES string of the molecule is O=C(OCc1ccc2c(c1)OCO2)c1ccc(CSc2ccc(Cl)cc2)cc1. The maximum atomic E-state index is 12.3. The van der Waals surface area contributed by atoms with E-state index in [9.17, 15) is 4.79 Å². The number of hydrogen-bond acceptors (Lipinski definition) is 5. The highest BCUT2D eigenvalue weighted by atomic mass is 35.5. The molecule has 6 heteroatoms. The van der Waals surface area contributed by atoms with Gasteiger partial charge in [0.25, 0.3) is 0 Å². The van der Waals surface area contributed by atoms with Gasteiger partial charge in [-0.3, -0.25) is 0 Å². The Kier molecular flexibility index (Phi) is 5.74. The van der Waals surface area contributed by atoms with E-state index in [0.29, 0.717) is 17.1 Å². The number of halogens is 1. The third kappa shape index (κ3) is 4.61. The van der Waals surface area contributed by atoms with E-state index >= 15 is 0 Å². The van der Waals surface area contributed by atoms with Gasteiger partial charge in [0.15, 0.2) is 11.5 Å². The van der Waals surface area contributed by atoms with E-state index in [4.69, 9.17) is 25.8 Å². The molecule has 0 aromatic heterocycles. The molecule has 0 aliphatic carbocycles. The van der Waals surface area contributed by atoms with Crippen molar-refractivity contribution in [1.82, 2.24) is 0 Å². The van der Waals surface area contributed by atoms with Crippen molar-refractivity contribution in [2.45, 2.75) is 17.3 Å². The van der Waals surface area contributed by atoms with Crippen LogP contribution >= 0.6 is 23.4 Å². The van der Waals surface area contributed by atoms with Crippen LogP contribution in [-0.2, 0) is 17.1 Å². The molecule has 0 bridgehead atoms. The minimum absolute atomic E-state index is 0.184. The monoisotopic (exact) mass is 412 g/mol. The fourth-order valence-corrected chi connectivity index (χ4v) is 3.68. The lowest BCUT2D eigenvalue weighted by atomic mass is 10.1. The molecule has 0 unspecified atom stereocenters. The predicted molar refractivity (Wildman–Crippen MR) is 109 cm³/mol. The molecule has 4 rings (SSSR count). The second kappa shape index (κ2) is 8.59. The average molecular weight is 413 g/mol. The summed E-state index contributed by atoms with van der Waals surface area (Å²) in [5.41, 5.74) is 2.52. The molecule has 1 aliphatic heterocycles. The van der Waals surface area contributed by atoms with Crippen LogP contribution in [0.5, 0.6) is 11.5 Å². The quantitative estimate of drug-likeness (QED) is 0.383. The van der Waals surface area contributed by atoms with Crippen LogP contribution in [0.4, 0.5) is 0 Å². The van der Waals surface area contributed by atoms with E-state index in [-0.39, 0.29) is 19.4 Å². The second-order valence-electron chi connectivity index (χ2n) is 6.20. The molecule has 0 saturated carbocycles. The first-order valence-corrected chi connectivity index (χ1v) is 10.1. The van der Waals surface area contributed by atoms with E-state index < -0.39 is 0 Å². The lowest BCUT2D eigenvalue weighted by molar-refractivity contribution is 0.0472. The van der Waals surface area contributed by atoms with Crippen LogP contribution in [0, 0.1) is 0 Å². The summed E-state index contributed by atoms with van der Waals surface area (Å²) in [7, 11) is 0. The number of ether oxygens (including phenoxy) is 3. The van der Waals surface area contributed by atoms with Gasteiger partial charge in [-0.25, -0.2) is 4.79 Å². The highest BCUT2D eigenvalue weighted by Crippen LogP contribution is 2.32. The van der Waals surface area contributed by atoms with Crippen LogP contribution in [0.3, 0.4) is 0 Å². The maximum Gasteiger partial charge on any atom is 0.338 e. The Morgan fingerprint density at radius 1 is 0.929 bits per heavy atom. The van der Waals surface area contributed by atoms with Crippen LogP contribution in [0.15, 0.2) is 71.6 Å². The molecule has 0 atom stereocenters. The second-order valence-corrected chi connectivity index (χ2v) is 7.69. The molecule has 1 heterocycles. The Bertz CT molecular complexity index is 971. The summed E-state index contributed by atoms with van der Waals surface area (Å²) in [5, 5.41) is 0.730. The predicted octanol–water partition coefficient (Wildman–Crippen LogP) is 5.72. The molecule has 28 heavy (non-hydrogen) atoms. The van der Waals surface area contributed by atoms with Gasteiger partial charge in [-0.1, -0.05) is 29.8 Å². The molecule has 0 saturated heterocycles. The van der Waals surface area contributed by atoms with Crippen LogP contribution in [-0.4, -0.2) is 12.8 Å². The van der Waals surface area contributed by atoms with Crippen LogP contribution < -0.4 is 9.47 Å². The molecule has 3 aromatic rings. The molecule has 0 N–H and O–H groups in total. The standard InChI is InChI=1S/C22H17ClO4S/c23-18-6-8-19(9-7-18)28-13-15-1-4-17(5-2-15)22(24)25-12-16-3-10-20-21(11-16)27-14-26-20/h1-11H,12-14H2. The molecule has 0 amide bonds. The van der Waals surface area contributed by atoms with Gasteiger partial charge >= 0.3 is 5.97 Å². The Labute approximate surface area is 172 Å². The van der Waals surface area contributed by atoms with Crippen molar-refractivity contribution >= 4 is 29.3 Å². The Morgan fingerprint density at radius 2 is 1.64 bits per heavy atom. The first-order valence-electron chi connectivity index (χ1n) is 8.70. The summed E-state index contributed by atoms with van der Waals surface area (Å²) in [6, 6.07) is 20.7. The number of hydrogen-bond donors (Lipinski definition) is 0. The van der Waals surface area contributed by atoms with Crippen molar-refractivity contribution in [3.05, 3.63) is 88.4 Å². The molecule has 142 valence electrons. The third-order valence-electron chi connectivity index (χ3n) is 4.22. The molecular formula is C22H17ClO4S. The van der Waals surface area contributed by atoms with Crippen LogP contribution in [0.2, 0.25) is 5.02 Å². The molecule has 0 fully saturated rings. The van der Waals surface area contributed by atoms with Gasteiger partial charge in [0.1, 0.15) is 6.61 Å². The van der Waals surface area contributed by atoms with Gasteiger partial charge in [0, 0.05) is 15.7 Å². The largest absolute Gasteiger partial charge is 0.457 e. The average Bonchev–Trinajstić information content (AvgIpc) is 3.20. The van der Waals surface area contributed by atoms with Gasteiger partial charge in [0.2, 0.25) is 6.79 Å². The third-order valence-corrected chi connectivity index (χ3v) is 5.55. The summed E-state index contributed by atoms with van der Waals surface area (Å²) in [5.74, 6) is 1.85. The van der Waals surface area contributed by atoms with E-state index in [0.717, 1.165) is 26.8 Å². The lowest BCUT2D eigenvalue weighted by Gasteiger charge is -2.07. The molecule has 0 radical (unpaired) electrons. The van der Waals surface area contributed by atoms with Gasteiger partial charge < -0.3 is 14.2 Å². The number of carbonyl (C=O) groups excluding carboxylic acids is 1. The van der Waals surface area contributed by atoms with Gasteiger partial charge in [-0.05, 0) is 59.7 Å². The number of rotatable bonds is 6. The van der Waals surface area contributed by atoms with Crippen molar-refractivity contribution in [2.75, 3.05) is 6.79 Å². The normalized spacial score (nSPS) is 12.0. The summed E-state index contributed by atoms with van der Waals surface area (Å²) in [4.78, 5) is 13.4. The zero-order chi connectivity index (χ0) is 19.3. The van der Waals surface area contributed by atoms with E-state index in [2.05, 4.69) is 0 Å². The lowest BCUT2D eigenvalue weighted by Crippen LogP contribution is -2.05.